The Morgan fingerprint density at radius 1 is 1.07 bits per heavy atom. The number of fused-ring (bicyclic) bond motifs is 1. The molecule has 0 spiro atoms. The van der Waals surface area contributed by atoms with Gasteiger partial charge in [-0.05, 0) is 26.6 Å². The third-order valence-electron chi connectivity index (χ3n) is 5.30. The molecule has 0 atom stereocenters. The summed E-state index contributed by atoms with van der Waals surface area (Å²) in [6, 6.07) is 10.3. The molecule has 3 aromatic rings. The zero-order valence-corrected chi connectivity index (χ0v) is 19.2. The number of sulfonamides is 1. The molecule has 1 aromatic carbocycles. The summed E-state index contributed by atoms with van der Waals surface area (Å²) >= 11 is 1.63. The number of piperazine rings is 1. The second kappa shape index (κ2) is 8.58. The molecule has 1 saturated heterocycles. The maximum atomic E-state index is 12.3. The van der Waals surface area contributed by atoms with E-state index >= 15 is 0 Å². The van der Waals surface area contributed by atoms with Crippen molar-refractivity contribution in [1.29, 1.82) is 0 Å². The van der Waals surface area contributed by atoms with Gasteiger partial charge in [0.05, 0.1) is 17.7 Å². The van der Waals surface area contributed by atoms with Gasteiger partial charge in [-0.25, -0.2) is 18.4 Å². The van der Waals surface area contributed by atoms with Crippen LogP contribution in [0.4, 0.5) is 5.82 Å². The minimum Gasteiger partial charge on any atom is -0.353 e. The van der Waals surface area contributed by atoms with Crippen LogP contribution >= 0.6 is 11.3 Å². The summed E-state index contributed by atoms with van der Waals surface area (Å²) in [5.74, 6) is 1.83. The number of benzene rings is 1. The smallest absolute Gasteiger partial charge is 0.213 e. The van der Waals surface area contributed by atoms with Gasteiger partial charge >= 0.3 is 0 Å². The van der Waals surface area contributed by atoms with E-state index in [1.807, 2.05) is 32.3 Å². The first-order valence-electron chi connectivity index (χ1n) is 10.1. The molecule has 0 unspecified atom stereocenters. The van der Waals surface area contributed by atoms with E-state index < -0.39 is 10.0 Å². The minimum absolute atomic E-state index is 0.139. The number of anilines is 1. The van der Waals surface area contributed by atoms with Crippen molar-refractivity contribution in [3.05, 3.63) is 41.5 Å². The van der Waals surface area contributed by atoms with E-state index in [2.05, 4.69) is 27.3 Å². The zero-order chi connectivity index (χ0) is 21.3. The number of rotatable bonds is 6. The predicted octanol–water partition coefficient (Wildman–Crippen LogP) is 2.89. The topological polar surface area (TPSA) is 69.6 Å². The normalized spacial score (nSPS) is 15.9. The van der Waals surface area contributed by atoms with Gasteiger partial charge in [-0.3, -0.25) is 0 Å². The highest BCUT2D eigenvalue weighted by Gasteiger charge is 2.28. The quantitative estimate of drug-likeness (QED) is 0.581. The van der Waals surface area contributed by atoms with Crippen LogP contribution in [0, 0.1) is 0 Å². The van der Waals surface area contributed by atoms with Crippen LogP contribution in [0.15, 0.2) is 35.7 Å². The molecule has 0 aliphatic carbocycles. The van der Waals surface area contributed by atoms with Crippen molar-refractivity contribution in [2.45, 2.75) is 13.5 Å². The van der Waals surface area contributed by atoms with Crippen LogP contribution < -0.4 is 4.90 Å². The van der Waals surface area contributed by atoms with E-state index in [9.17, 15) is 8.42 Å². The molecule has 2 aromatic heterocycles. The van der Waals surface area contributed by atoms with Gasteiger partial charge in [-0.1, -0.05) is 30.3 Å². The maximum Gasteiger partial charge on any atom is 0.213 e. The van der Waals surface area contributed by atoms with Crippen LogP contribution in [0.2, 0.25) is 0 Å². The van der Waals surface area contributed by atoms with Crippen LogP contribution in [-0.4, -0.2) is 73.6 Å². The van der Waals surface area contributed by atoms with E-state index in [-0.39, 0.29) is 5.75 Å². The molecule has 0 radical (unpaired) electrons. The summed E-state index contributed by atoms with van der Waals surface area (Å²) < 4.78 is 26.1. The Bertz CT molecular complexity index is 1120. The van der Waals surface area contributed by atoms with E-state index in [0.717, 1.165) is 33.0 Å². The molecule has 7 nitrogen and oxygen atoms in total. The molecule has 3 heterocycles. The lowest BCUT2D eigenvalue weighted by atomic mass is 10.1. The second-order valence-electron chi connectivity index (χ2n) is 7.68. The highest BCUT2D eigenvalue weighted by Crippen LogP contribution is 2.38. The molecule has 30 heavy (non-hydrogen) atoms. The minimum atomic E-state index is -3.16. The van der Waals surface area contributed by atoms with E-state index in [1.54, 1.807) is 22.6 Å². The second-order valence-corrected chi connectivity index (χ2v) is 10.8. The van der Waals surface area contributed by atoms with Gasteiger partial charge in [-0.15, -0.1) is 11.3 Å². The average molecular weight is 446 g/mol. The van der Waals surface area contributed by atoms with Gasteiger partial charge in [-0.2, -0.15) is 4.31 Å². The van der Waals surface area contributed by atoms with Gasteiger partial charge in [0.2, 0.25) is 10.0 Å². The fourth-order valence-corrected chi connectivity index (χ4v) is 5.79. The van der Waals surface area contributed by atoms with E-state index in [1.165, 1.54) is 0 Å². The van der Waals surface area contributed by atoms with Crippen molar-refractivity contribution in [2.75, 3.05) is 50.9 Å². The molecule has 160 valence electrons. The van der Waals surface area contributed by atoms with Crippen molar-refractivity contribution in [3.63, 3.8) is 0 Å². The Morgan fingerprint density at radius 2 is 1.77 bits per heavy atom. The Kier molecular flexibility index (Phi) is 6.06. The lowest BCUT2D eigenvalue weighted by molar-refractivity contribution is 0.381. The van der Waals surface area contributed by atoms with Crippen LogP contribution in [0.25, 0.3) is 21.3 Å². The van der Waals surface area contributed by atoms with Crippen molar-refractivity contribution >= 4 is 37.4 Å². The zero-order valence-electron chi connectivity index (χ0n) is 17.6. The van der Waals surface area contributed by atoms with Gasteiger partial charge < -0.3 is 9.80 Å². The summed E-state index contributed by atoms with van der Waals surface area (Å²) in [4.78, 5) is 15.0. The maximum absolute atomic E-state index is 12.3. The van der Waals surface area contributed by atoms with Crippen molar-refractivity contribution in [1.82, 2.24) is 19.2 Å². The SMILES string of the molecule is CCS(=O)(=O)N1CCN(c2nc(CN(C)C)nc3scc(-c4ccccc4)c23)CC1. The fourth-order valence-electron chi connectivity index (χ4n) is 3.74. The van der Waals surface area contributed by atoms with Crippen molar-refractivity contribution in [3.8, 4) is 11.1 Å². The van der Waals surface area contributed by atoms with E-state index in [0.29, 0.717) is 32.7 Å². The number of nitrogens with zero attached hydrogens (tertiary/aromatic N) is 5. The molecule has 4 rings (SSSR count). The summed E-state index contributed by atoms with van der Waals surface area (Å²) in [5.41, 5.74) is 2.27. The van der Waals surface area contributed by atoms with Gasteiger partial charge in [0.25, 0.3) is 0 Å². The Hall–Kier alpha value is -2.07. The molecular weight excluding hydrogens is 418 g/mol. The first-order chi connectivity index (χ1) is 14.4. The summed E-state index contributed by atoms with van der Waals surface area (Å²) in [6.45, 7) is 4.56. The van der Waals surface area contributed by atoms with Crippen LogP contribution in [0.1, 0.15) is 12.7 Å². The number of thiophene rings is 1. The van der Waals surface area contributed by atoms with Crippen molar-refractivity contribution < 1.29 is 8.42 Å². The standard InChI is InChI=1S/C21H27N5O2S2/c1-4-30(27,28)26-12-10-25(11-13-26)20-19-17(16-8-6-5-7-9-16)15-29-21(19)23-18(22-20)14-24(2)3/h5-9,15H,4,10-14H2,1-3H3. The molecule has 0 saturated carbocycles. The van der Waals surface area contributed by atoms with Crippen LogP contribution in [-0.2, 0) is 16.6 Å². The van der Waals surface area contributed by atoms with Gasteiger partial charge in [0.15, 0.2) is 0 Å². The molecule has 1 aliphatic heterocycles. The molecule has 9 heteroatoms. The van der Waals surface area contributed by atoms with Gasteiger partial charge in [0, 0.05) is 37.1 Å². The first-order valence-corrected chi connectivity index (χ1v) is 12.6. The summed E-state index contributed by atoms with van der Waals surface area (Å²) in [5, 5.41) is 3.20. The Balaban J connectivity index is 1.76. The third kappa shape index (κ3) is 4.20. The number of aromatic nitrogens is 2. The average Bonchev–Trinajstić information content (AvgIpc) is 3.17. The van der Waals surface area contributed by atoms with Crippen LogP contribution in [0.5, 0.6) is 0 Å². The summed E-state index contributed by atoms with van der Waals surface area (Å²) in [7, 11) is 0.846. The largest absolute Gasteiger partial charge is 0.353 e. The van der Waals surface area contributed by atoms with Crippen molar-refractivity contribution in [2.24, 2.45) is 0 Å². The first kappa shape index (κ1) is 21.2. The molecule has 0 amide bonds. The van der Waals surface area contributed by atoms with Gasteiger partial charge in [0.1, 0.15) is 16.5 Å². The highest BCUT2D eigenvalue weighted by molar-refractivity contribution is 7.89. The number of hydrogen-bond acceptors (Lipinski definition) is 7. The monoisotopic (exact) mass is 445 g/mol. The molecule has 0 bridgehead atoms. The molecule has 1 fully saturated rings. The lowest BCUT2D eigenvalue weighted by Crippen LogP contribution is -2.49. The molecule has 1 aliphatic rings. The highest BCUT2D eigenvalue weighted by atomic mass is 32.2. The third-order valence-corrected chi connectivity index (χ3v) is 8.05. The Labute approximate surface area is 182 Å². The fraction of sp³-hybridized carbons (Fsp3) is 0.429. The lowest BCUT2D eigenvalue weighted by Gasteiger charge is -2.35. The van der Waals surface area contributed by atoms with E-state index in [4.69, 9.17) is 9.97 Å². The molecular formula is C21H27N5O2S2. The van der Waals surface area contributed by atoms with Crippen LogP contribution in [0.3, 0.4) is 0 Å². The predicted molar refractivity (Wildman–Crippen MR) is 123 cm³/mol. The number of hydrogen-bond donors (Lipinski definition) is 0. The summed E-state index contributed by atoms with van der Waals surface area (Å²) in [6.07, 6.45) is 0. The Morgan fingerprint density at radius 3 is 2.40 bits per heavy atom. The molecule has 0 N–H and O–H groups in total.